The molecule has 112 valence electrons. The number of hydrogen-bond donors (Lipinski definition) is 1. The summed E-state index contributed by atoms with van der Waals surface area (Å²) in [5, 5.41) is 9.04. The number of aromatic nitrogens is 3. The smallest absolute Gasteiger partial charge is 0.261 e. The maximum absolute atomic E-state index is 12.2. The minimum atomic E-state index is -0.0249. The highest BCUT2D eigenvalue weighted by atomic mass is 32.1. The number of rotatable bonds is 5. The van der Waals surface area contributed by atoms with E-state index >= 15 is 0 Å². The van der Waals surface area contributed by atoms with Gasteiger partial charge in [-0.25, -0.2) is 9.67 Å². The van der Waals surface area contributed by atoms with Gasteiger partial charge in [0.2, 0.25) is 0 Å². The van der Waals surface area contributed by atoms with E-state index in [0.29, 0.717) is 13.1 Å². The van der Waals surface area contributed by atoms with Crippen LogP contribution >= 0.6 is 11.3 Å². The number of carbonyl (C=O) groups excluding carboxylic acids is 1. The van der Waals surface area contributed by atoms with Crippen molar-refractivity contribution in [3.8, 4) is 0 Å². The molecule has 1 N–H and O–H groups in total. The van der Waals surface area contributed by atoms with Crippen molar-refractivity contribution in [3.05, 3.63) is 69.9 Å². The van der Waals surface area contributed by atoms with Crippen LogP contribution < -0.4 is 5.32 Å². The molecule has 3 rings (SSSR count). The molecule has 0 aliphatic heterocycles. The Morgan fingerprint density at radius 1 is 1.27 bits per heavy atom. The SMILES string of the molecule is Cc1ccsc1C(=O)NCc1ccccc1Cn1cncn1. The third kappa shape index (κ3) is 3.23. The van der Waals surface area contributed by atoms with Gasteiger partial charge in [-0.05, 0) is 35.1 Å². The summed E-state index contributed by atoms with van der Waals surface area (Å²) in [4.78, 5) is 16.9. The number of carbonyl (C=O) groups is 1. The van der Waals surface area contributed by atoms with Gasteiger partial charge in [-0.1, -0.05) is 24.3 Å². The standard InChI is InChI=1S/C16H16N4OS/c1-12-6-7-22-15(12)16(21)18-8-13-4-2-3-5-14(13)9-20-11-17-10-19-20/h2-7,10-11H,8-9H2,1H3,(H,18,21). The molecule has 0 aliphatic carbocycles. The van der Waals surface area contributed by atoms with Crippen LogP contribution in [0.25, 0.3) is 0 Å². The number of amides is 1. The van der Waals surface area contributed by atoms with Gasteiger partial charge in [0.1, 0.15) is 12.7 Å². The van der Waals surface area contributed by atoms with Crippen molar-refractivity contribution in [1.29, 1.82) is 0 Å². The first-order chi connectivity index (χ1) is 10.7. The highest BCUT2D eigenvalue weighted by Crippen LogP contribution is 2.16. The second-order valence-electron chi connectivity index (χ2n) is 4.98. The first-order valence-electron chi connectivity index (χ1n) is 6.95. The molecule has 0 fully saturated rings. The molecule has 0 radical (unpaired) electrons. The first-order valence-corrected chi connectivity index (χ1v) is 7.83. The fraction of sp³-hybridized carbons (Fsp3) is 0.188. The van der Waals surface area contributed by atoms with Crippen LogP contribution in [0.5, 0.6) is 0 Å². The number of thiophene rings is 1. The van der Waals surface area contributed by atoms with Gasteiger partial charge < -0.3 is 5.32 Å². The second kappa shape index (κ2) is 6.53. The lowest BCUT2D eigenvalue weighted by Crippen LogP contribution is -2.23. The summed E-state index contributed by atoms with van der Waals surface area (Å²) in [6.07, 6.45) is 3.20. The van der Waals surface area contributed by atoms with Crippen molar-refractivity contribution in [2.75, 3.05) is 0 Å². The molecule has 0 atom stereocenters. The summed E-state index contributed by atoms with van der Waals surface area (Å²) in [5.41, 5.74) is 3.22. The molecule has 22 heavy (non-hydrogen) atoms. The third-order valence-electron chi connectivity index (χ3n) is 3.43. The van der Waals surface area contributed by atoms with E-state index in [0.717, 1.165) is 21.6 Å². The van der Waals surface area contributed by atoms with E-state index in [1.165, 1.54) is 17.7 Å². The van der Waals surface area contributed by atoms with Gasteiger partial charge in [-0.2, -0.15) is 5.10 Å². The maximum Gasteiger partial charge on any atom is 0.261 e. The molecule has 2 aromatic heterocycles. The van der Waals surface area contributed by atoms with Crippen LogP contribution in [-0.2, 0) is 13.1 Å². The zero-order valence-corrected chi connectivity index (χ0v) is 13.0. The molecule has 0 aliphatic rings. The Morgan fingerprint density at radius 2 is 2.09 bits per heavy atom. The topological polar surface area (TPSA) is 59.8 Å². The average molecular weight is 312 g/mol. The van der Waals surface area contributed by atoms with Gasteiger partial charge in [-0.15, -0.1) is 11.3 Å². The Balaban J connectivity index is 1.70. The summed E-state index contributed by atoms with van der Waals surface area (Å²) >= 11 is 1.47. The molecular weight excluding hydrogens is 296 g/mol. The van der Waals surface area contributed by atoms with Gasteiger partial charge in [0.25, 0.3) is 5.91 Å². The van der Waals surface area contributed by atoms with E-state index in [1.807, 2.05) is 42.6 Å². The second-order valence-corrected chi connectivity index (χ2v) is 5.89. The van der Waals surface area contributed by atoms with Crippen molar-refractivity contribution < 1.29 is 4.79 Å². The van der Waals surface area contributed by atoms with Crippen molar-refractivity contribution in [1.82, 2.24) is 20.1 Å². The number of nitrogens with zero attached hydrogens (tertiary/aromatic N) is 3. The van der Waals surface area contributed by atoms with E-state index in [9.17, 15) is 4.79 Å². The molecule has 0 saturated carbocycles. The molecule has 0 unspecified atom stereocenters. The van der Waals surface area contributed by atoms with Crippen molar-refractivity contribution in [2.45, 2.75) is 20.0 Å². The Bertz CT molecular complexity index is 764. The molecular formula is C16H16N4OS. The molecule has 1 aromatic carbocycles. The van der Waals surface area contributed by atoms with Gasteiger partial charge in [-0.3, -0.25) is 4.79 Å². The highest BCUT2D eigenvalue weighted by Gasteiger charge is 2.11. The first kappa shape index (κ1) is 14.5. The fourth-order valence-corrected chi connectivity index (χ4v) is 3.08. The van der Waals surface area contributed by atoms with Crippen LogP contribution in [-0.4, -0.2) is 20.7 Å². The van der Waals surface area contributed by atoms with E-state index in [1.54, 1.807) is 11.0 Å². The number of hydrogen-bond acceptors (Lipinski definition) is 4. The van der Waals surface area contributed by atoms with Crippen LogP contribution in [0.4, 0.5) is 0 Å². The van der Waals surface area contributed by atoms with Crippen LogP contribution in [0, 0.1) is 6.92 Å². The molecule has 1 amide bonds. The predicted molar refractivity (Wildman–Crippen MR) is 85.8 cm³/mol. The van der Waals surface area contributed by atoms with Crippen LogP contribution in [0.15, 0.2) is 48.4 Å². The lowest BCUT2D eigenvalue weighted by atomic mass is 10.1. The lowest BCUT2D eigenvalue weighted by Gasteiger charge is -2.10. The van der Waals surface area contributed by atoms with E-state index in [4.69, 9.17) is 0 Å². The van der Waals surface area contributed by atoms with Gasteiger partial charge >= 0.3 is 0 Å². The number of benzene rings is 1. The normalized spacial score (nSPS) is 10.6. The summed E-state index contributed by atoms with van der Waals surface area (Å²) < 4.78 is 1.77. The molecule has 3 aromatic rings. The Kier molecular flexibility index (Phi) is 4.29. The van der Waals surface area contributed by atoms with Crippen LogP contribution in [0.2, 0.25) is 0 Å². The maximum atomic E-state index is 12.2. The third-order valence-corrected chi connectivity index (χ3v) is 4.44. The van der Waals surface area contributed by atoms with E-state index in [2.05, 4.69) is 15.4 Å². The van der Waals surface area contributed by atoms with E-state index in [-0.39, 0.29) is 5.91 Å². The summed E-state index contributed by atoms with van der Waals surface area (Å²) in [6.45, 7) is 3.09. The quantitative estimate of drug-likeness (QED) is 0.788. The minimum absolute atomic E-state index is 0.0249. The zero-order chi connectivity index (χ0) is 15.4. The monoisotopic (exact) mass is 312 g/mol. The van der Waals surface area contributed by atoms with Gasteiger partial charge in [0, 0.05) is 6.54 Å². The molecule has 6 heteroatoms. The number of nitrogens with one attached hydrogen (secondary N) is 1. The fourth-order valence-electron chi connectivity index (χ4n) is 2.23. The Labute approximate surface area is 132 Å². The van der Waals surface area contributed by atoms with Crippen LogP contribution in [0.3, 0.4) is 0 Å². The minimum Gasteiger partial charge on any atom is -0.347 e. The molecule has 2 heterocycles. The predicted octanol–water partition coefficient (Wildman–Crippen LogP) is 2.63. The van der Waals surface area contributed by atoms with Gasteiger partial charge in [0.05, 0.1) is 11.4 Å². The zero-order valence-electron chi connectivity index (χ0n) is 12.2. The van der Waals surface area contributed by atoms with Gasteiger partial charge in [0.15, 0.2) is 0 Å². The highest BCUT2D eigenvalue weighted by molar-refractivity contribution is 7.12. The summed E-state index contributed by atoms with van der Waals surface area (Å²) in [5.74, 6) is -0.0249. The molecule has 0 spiro atoms. The summed E-state index contributed by atoms with van der Waals surface area (Å²) in [7, 11) is 0. The van der Waals surface area contributed by atoms with Crippen molar-refractivity contribution in [3.63, 3.8) is 0 Å². The summed E-state index contributed by atoms with van der Waals surface area (Å²) in [6, 6.07) is 9.98. The average Bonchev–Trinajstić information content (AvgIpc) is 3.17. The molecule has 5 nitrogen and oxygen atoms in total. The number of aryl methyl sites for hydroxylation is 1. The molecule has 0 saturated heterocycles. The largest absolute Gasteiger partial charge is 0.347 e. The molecule has 0 bridgehead atoms. The van der Waals surface area contributed by atoms with Crippen molar-refractivity contribution in [2.24, 2.45) is 0 Å². The van der Waals surface area contributed by atoms with E-state index < -0.39 is 0 Å². The lowest BCUT2D eigenvalue weighted by molar-refractivity contribution is 0.0954. The Hall–Kier alpha value is -2.47. The Morgan fingerprint density at radius 3 is 2.77 bits per heavy atom. The van der Waals surface area contributed by atoms with Crippen LogP contribution in [0.1, 0.15) is 26.4 Å². The van der Waals surface area contributed by atoms with Crippen molar-refractivity contribution >= 4 is 17.2 Å².